The average molecular weight is 477 g/mol. The fourth-order valence-electron chi connectivity index (χ4n) is 3.51. The van der Waals surface area contributed by atoms with Crippen molar-refractivity contribution in [2.75, 3.05) is 4.90 Å². The Balaban J connectivity index is 1.77. The third-order valence-corrected chi connectivity index (χ3v) is 6.07. The Labute approximate surface area is 189 Å². The van der Waals surface area contributed by atoms with Crippen LogP contribution in [0.15, 0.2) is 78.5 Å². The number of benzene rings is 3. The number of rotatable bonds is 5. The van der Waals surface area contributed by atoms with E-state index in [1.807, 2.05) is 59.5 Å². The van der Waals surface area contributed by atoms with E-state index in [9.17, 15) is 15.0 Å². The molecule has 5 nitrogen and oxygen atoms in total. The standard InChI is InChI=1S/C25H22N2O3Se/c1-2-17-8-11-20(12-9-17)27-24(30)22(14-19-10-13-21(28)15-23(19)29)26(25(27)31)16-18-6-4-3-5-7-18/h3-15,28-29H,2,16H2,1H3/b22-14+. The van der Waals surface area contributed by atoms with Gasteiger partial charge in [0.25, 0.3) is 0 Å². The van der Waals surface area contributed by atoms with Gasteiger partial charge in [-0.05, 0) is 0 Å². The predicted octanol–water partition coefficient (Wildman–Crippen LogP) is 3.81. The fourth-order valence-corrected chi connectivity index (χ4v) is 4.25. The van der Waals surface area contributed by atoms with E-state index < -0.39 is 0 Å². The number of phenols is 2. The van der Waals surface area contributed by atoms with Gasteiger partial charge in [0.15, 0.2) is 0 Å². The molecule has 156 valence electrons. The van der Waals surface area contributed by atoms with Crippen molar-refractivity contribution in [2.45, 2.75) is 19.9 Å². The van der Waals surface area contributed by atoms with Crippen molar-refractivity contribution < 1.29 is 15.0 Å². The third kappa shape index (κ3) is 4.26. The van der Waals surface area contributed by atoms with Crippen LogP contribution in [0.1, 0.15) is 23.6 Å². The minimum absolute atomic E-state index is 0.0349. The number of carbonyl (C=O) groups is 1. The topological polar surface area (TPSA) is 64.0 Å². The van der Waals surface area contributed by atoms with Gasteiger partial charge in [-0.25, -0.2) is 0 Å². The van der Waals surface area contributed by atoms with E-state index >= 15 is 0 Å². The maximum atomic E-state index is 13.5. The van der Waals surface area contributed by atoms with Gasteiger partial charge in [0.2, 0.25) is 0 Å². The molecule has 31 heavy (non-hydrogen) atoms. The van der Waals surface area contributed by atoms with Crippen molar-refractivity contribution in [2.24, 2.45) is 0 Å². The number of aromatic hydroxyl groups is 2. The molecule has 0 saturated carbocycles. The molecule has 3 aromatic carbocycles. The molecule has 0 bridgehead atoms. The van der Waals surface area contributed by atoms with Crippen LogP contribution in [0.5, 0.6) is 11.5 Å². The van der Waals surface area contributed by atoms with Gasteiger partial charge < -0.3 is 0 Å². The summed E-state index contributed by atoms with van der Waals surface area (Å²) in [5.74, 6) is -0.319. The number of anilines is 1. The molecule has 0 radical (unpaired) electrons. The number of carbonyl (C=O) groups excluding carboxylic acids is 1. The molecule has 6 heteroatoms. The van der Waals surface area contributed by atoms with Crippen LogP contribution in [0.2, 0.25) is 0 Å². The molecule has 2 N–H and O–H groups in total. The molecule has 0 aromatic heterocycles. The number of aryl methyl sites for hydroxylation is 1. The second-order valence-electron chi connectivity index (χ2n) is 7.29. The summed E-state index contributed by atoms with van der Waals surface area (Å²) in [6.45, 7) is 2.58. The predicted molar refractivity (Wildman–Crippen MR) is 124 cm³/mol. The number of hydrogen-bond acceptors (Lipinski definition) is 4. The first-order valence-electron chi connectivity index (χ1n) is 10.0. The van der Waals surface area contributed by atoms with Crippen LogP contribution in [0.4, 0.5) is 5.69 Å². The zero-order chi connectivity index (χ0) is 22.0. The normalized spacial score (nSPS) is 15.2. The van der Waals surface area contributed by atoms with Crippen LogP contribution in [0.3, 0.4) is 0 Å². The first-order valence-corrected chi connectivity index (χ1v) is 10.9. The summed E-state index contributed by atoms with van der Waals surface area (Å²) in [6.07, 6.45) is 2.58. The van der Waals surface area contributed by atoms with E-state index in [0.717, 1.165) is 17.7 Å². The Bertz CT molecular complexity index is 1160. The molecule has 1 fully saturated rings. The van der Waals surface area contributed by atoms with Crippen molar-refractivity contribution in [3.05, 3.63) is 95.2 Å². The molecule has 0 spiro atoms. The van der Waals surface area contributed by atoms with Crippen LogP contribution in [0.25, 0.3) is 6.08 Å². The maximum absolute atomic E-state index is 13.5. The van der Waals surface area contributed by atoms with Crippen molar-refractivity contribution >= 4 is 37.9 Å². The van der Waals surface area contributed by atoms with Gasteiger partial charge in [0.1, 0.15) is 0 Å². The van der Waals surface area contributed by atoms with Gasteiger partial charge in [-0.1, -0.05) is 0 Å². The summed E-state index contributed by atoms with van der Waals surface area (Å²) in [7, 11) is 0. The number of nitrogens with zero attached hydrogens (tertiary/aromatic N) is 2. The van der Waals surface area contributed by atoms with Gasteiger partial charge in [-0.15, -0.1) is 0 Å². The molecule has 3 aromatic rings. The Morgan fingerprint density at radius 2 is 1.65 bits per heavy atom. The Hall–Kier alpha value is -3.34. The summed E-state index contributed by atoms with van der Waals surface area (Å²) < 4.78 is 0.669. The molecule has 0 atom stereocenters. The molecular formula is C25H22N2O3Se. The van der Waals surface area contributed by atoms with E-state index in [-0.39, 0.29) is 17.4 Å². The van der Waals surface area contributed by atoms with E-state index in [4.69, 9.17) is 0 Å². The van der Waals surface area contributed by atoms with Gasteiger partial charge in [-0.2, -0.15) is 0 Å². The van der Waals surface area contributed by atoms with Gasteiger partial charge >= 0.3 is 189 Å². The molecule has 1 saturated heterocycles. The van der Waals surface area contributed by atoms with Crippen molar-refractivity contribution in [3.8, 4) is 11.5 Å². The molecule has 0 unspecified atom stereocenters. The van der Waals surface area contributed by atoms with Gasteiger partial charge in [0, 0.05) is 0 Å². The molecule has 0 aliphatic carbocycles. The summed E-state index contributed by atoms with van der Waals surface area (Å²) in [5, 5.41) is 19.9. The van der Waals surface area contributed by atoms with Crippen LogP contribution >= 0.6 is 0 Å². The Morgan fingerprint density at radius 3 is 2.29 bits per heavy atom. The number of hydrogen-bond donors (Lipinski definition) is 2. The van der Waals surface area contributed by atoms with Crippen molar-refractivity contribution in [1.82, 2.24) is 4.90 Å². The zero-order valence-corrected chi connectivity index (χ0v) is 18.7. The zero-order valence-electron chi connectivity index (χ0n) is 17.0. The van der Waals surface area contributed by atoms with Crippen molar-refractivity contribution in [3.63, 3.8) is 0 Å². The van der Waals surface area contributed by atoms with E-state index in [2.05, 4.69) is 22.5 Å². The summed E-state index contributed by atoms with van der Waals surface area (Å²) in [6, 6.07) is 22.1. The minimum atomic E-state index is -0.193. The summed E-state index contributed by atoms with van der Waals surface area (Å²) in [5.41, 5.74) is 3.90. The van der Waals surface area contributed by atoms with Crippen LogP contribution in [-0.4, -0.2) is 41.3 Å². The average Bonchev–Trinajstić information content (AvgIpc) is 3.00. The molecule has 1 aliphatic rings. The van der Waals surface area contributed by atoms with E-state index in [1.165, 1.54) is 17.7 Å². The fraction of sp³-hybridized carbons (Fsp3) is 0.120. The van der Waals surface area contributed by atoms with Gasteiger partial charge in [0.05, 0.1) is 0 Å². The molecular weight excluding hydrogens is 455 g/mol. The number of phenolic OH excluding ortho intramolecular Hbond substituents is 2. The molecule has 1 heterocycles. The second kappa shape index (κ2) is 8.80. The van der Waals surface area contributed by atoms with Crippen LogP contribution in [0, 0.1) is 0 Å². The van der Waals surface area contributed by atoms with Gasteiger partial charge in [-0.3, -0.25) is 0 Å². The molecule has 1 amide bonds. The van der Waals surface area contributed by atoms with Crippen LogP contribution in [-0.2, 0) is 17.8 Å². The Kier molecular flexibility index (Phi) is 5.94. The second-order valence-corrected chi connectivity index (χ2v) is 8.05. The summed E-state index contributed by atoms with van der Waals surface area (Å²) >= 11 is 3.06. The summed E-state index contributed by atoms with van der Waals surface area (Å²) in [4.78, 5) is 17.0. The first kappa shape index (κ1) is 20.9. The number of amides is 1. The van der Waals surface area contributed by atoms with Crippen LogP contribution < -0.4 is 4.90 Å². The SMILES string of the molecule is CCc1ccc(N2C(=O)/C(=C\c3ccc(O)cc3O)N(Cc3ccccc3)C2=[Se])cc1. The molecule has 4 rings (SSSR count). The van der Waals surface area contributed by atoms with Crippen molar-refractivity contribution in [1.29, 1.82) is 0 Å². The quantitative estimate of drug-likeness (QED) is 0.434. The molecule has 1 aliphatic heterocycles. The Morgan fingerprint density at radius 1 is 0.935 bits per heavy atom. The monoisotopic (exact) mass is 478 g/mol. The third-order valence-electron chi connectivity index (χ3n) is 5.23. The first-order chi connectivity index (χ1) is 15.0. The van der Waals surface area contributed by atoms with E-state index in [1.54, 1.807) is 17.0 Å². The van der Waals surface area contributed by atoms with E-state index in [0.29, 0.717) is 22.5 Å².